The molecule has 1 N–H and O–H groups in total. The van der Waals surface area contributed by atoms with E-state index in [4.69, 9.17) is 9.57 Å². The maximum Gasteiger partial charge on any atom is 0.441 e. The highest BCUT2D eigenvalue weighted by Gasteiger charge is 2.16. The van der Waals surface area contributed by atoms with Crippen molar-refractivity contribution in [3.8, 4) is 5.75 Å². The maximum atomic E-state index is 12.5. The third-order valence-corrected chi connectivity index (χ3v) is 1.46. The predicted octanol–water partition coefficient (Wildman–Crippen LogP) is 2.64. The molecule has 0 spiro atoms. The second-order valence-electron chi connectivity index (χ2n) is 4.16. The summed E-state index contributed by atoms with van der Waals surface area (Å²) in [6.07, 6.45) is -0.697. The molecule has 0 atom stereocenters. The fourth-order valence-electron chi connectivity index (χ4n) is 0.902. The molecular formula is C11H14FNO3. The van der Waals surface area contributed by atoms with Crippen molar-refractivity contribution >= 4 is 6.09 Å². The first-order chi connectivity index (χ1) is 7.37. The lowest BCUT2D eigenvalue weighted by Gasteiger charge is -2.19. The van der Waals surface area contributed by atoms with Crippen LogP contribution >= 0.6 is 0 Å². The van der Waals surface area contributed by atoms with Gasteiger partial charge in [-0.2, -0.15) is 5.48 Å². The van der Waals surface area contributed by atoms with E-state index < -0.39 is 11.7 Å². The van der Waals surface area contributed by atoms with Crippen LogP contribution in [0.5, 0.6) is 5.75 Å². The maximum absolute atomic E-state index is 12.5. The van der Waals surface area contributed by atoms with Crippen molar-refractivity contribution in [2.24, 2.45) is 0 Å². The van der Waals surface area contributed by atoms with Crippen molar-refractivity contribution in [3.05, 3.63) is 30.1 Å². The number of halogens is 1. The Bertz CT molecular complexity index is 356. The smallest absolute Gasteiger partial charge is 0.441 e. The second-order valence-corrected chi connectivity index (χ2v) is 4.16. The molecule has 0 saturated heterocycles. The Labute approximate surface area is 93.3 Å². The zero-order chi connectivity index (χ0) is 12.2. The first-order valence-electron chi connectivity index (χ1n) is 4.78. The summed E-state index contributed by atoms with van der Waals surface area (Å²) in [5.41, 5.74) is 1.50. The van der Waals surface area contributed by atoms with Gasteiger partial charge in [-0.1, -0.05) is 0 Å². The second kappa shape index (κ2) is 4.83. The Morgan fingerprint density at radius 3 is 2.31 bits per heavy atom. The first kappa shape index (κ1) is 12.3. The number of carbonyl (C=O) groups excluding carboxylic acids is 1. The standard InChI is InChI=1S/C11H14FNO3/c1-11(2,3)15-10(14)13-16-9-6-4-8(12)5-7-9/h4-7H,1-3H3,(H,13,14). The summed E-state index contributed by atoms with van der Waals surface area (Å²) in [4.78, 5) is 16.0. The molecule has 0 fully saturated rings. The number of carbonyl (C=O) groups is 1. The minimum Gasteiger partial charge on any atom is -0.442 e. The molecule has 0 heterocycles. The SMILES string of the molecule is CC(C)(C)OC(=O)NOc1ccc(F)cc1. The van der Waals surface area contributed by atoms with Gasteiger partial charge in [0, 0.05) is 0 Å². The van der Waals surface area contributed by atoms with Crippen LogP contribution in [-0.4, -0.2) is 11.7 Å². The Kier molecular flexibility index (Phi) is 3.71. The van der Waals surface area contributed by atoms with Gasteiger partial charge in [0.2, 0.25) is 0 Å². The lowest BCUT2D eigenvalue weighted by Crippen LogP contribution is -2.34. The van der Waals surface area contributed by atoms with Gasteiger partial charge < -0.3 is 9.57 Å². The molecule has 5 heteroatoms. The van der Waals surface area contributed by atoms with E-state index in [1.54, 1.807) is 20.8 Å². The van der Waals surface area contributed by atoms with Crippen LogP contribution in [0.2, 0.25) is 0 Å². The molecule has 0 aliphatic rings. The van der Waals surface area contributed by atoms with Gasteiger partial charge >= 0.3 is 6.09 Å². The summed E-state index contributed by atoms with van der Waals surface area (Å²) in [5, 5.41) is 0. The molecule has 0 aromatic heterocycles. The van der Waals surface area contributed by atoms with Gasteiger partial charge in [0.05, 0.1) is 0 Å². The largest absolute Gasteiger partial charge is 0.442 e. The summed E-state index contributed by atoms with van der Waals surface area (Å²) in [7, 11) is 0. The Morgan fingerprint density at radius 2 is 1.81 bits per heavy atom. The van der Waals surface area contributed by atoms with Gasteiger partial charge in [0.15, 0.2) is 5.75 Å². The highest BCUT2D eigenvalue weighted by Crippen LogP contribution is 2.10. The fourth-order valence-corrected chi connectivity index (χ4v) is 0.902. The van der Waals surface area contributed by atoms with Crippen LogP contribution in [0, 0.1) is 5.82 Å². The average molecular weight is 227 g/mol. The van der Waals surface area contributed by atoms with E-state index in [-0.39, 0.29) is 5.82 Å². The topological polar surface area (TPSA) is 47.6 Å². The van der Waals surface area contributed by atoms with E-state index in [1.807, 2.05) is 0 Å². The van der Waals surface area contributed by atoms with Gasteiger partial charge in [0.1, 0.15) is 11.4 Å². The van der Waals surface area contributed by atoms with Crippen molar-refractivity contribution in [2.75, 3.05) is 0 Å². The minimum absolute atomic E-state index is 0.326. The van der Waals surface area contributed by atoms with Crippen molar-refractivity contribution in [3.63, 3.8) is 0 Å². The molecule has 0 aliphatic heterocycles. The molecule has 0 unspecified atom stereocenters. The highest BCUT2D eigenvalue weighted by molar-refractivity contribution is 5.66. The zero-order valence-electron chi connectivity index (χ0n) is 9.41. The van der Waals surface area contributed by atoms with Gasteiger partial charge in [-0.05, 0) is 45.0 Å². The van der Waals surface area contributed by atoms with Gasteiger partial charge in [-0.25, -0.2) is 9.18 Å². The molecule has 1 aromatic rings. The number of ether oxygens (including phenoxy) is 1. The molecule has 1 amide bonds. The summed E-state index contributed by atoms with van der Waals surface area (Å²) >= 11 is 0. The molecule has 1 aromatic carbocycles. The van der Waals surface area contributed by atoms with E-state index in [2.05, 4.69) is 5.48 Å². The Morgan fingerprint density at radius 1 is 1.25 bits per heavy atom. The molecule has 0 aliphatic carbocycles. The highest BCUT2D eigenvalue weighted by atomic mass is 19.1. The van der Waals surface area contributed by atoms with Crippen molar-refractivity contribution in [1.82, 2.24) is 5.48 Å². The number of nitrogens with one attached hydrogen (secondary N) is 1. The third kappa shape index (κ3) is 4.63. The lowest BCUT2D eigenvalue weighted by molar-refractivity contribution is 0.0287. The van der Waals surface area contributed by atoms with Gasteiger partial charge in [-0.15, -0.1) is 0 Å². The molecule has 1 rings (SSSR count). The van der Waals surface area contributed by atoms with Crippen molar-refractivity contribution in [2.45, 2.75) is 26.4 Å². The van der Waals surface area contributed by atoms with Crippen LogP contribution in [0.15, 0.2) is 24.3 Å². The average Bonchev–Trinajstić information content (AvgIpc) is 2.14. The summed E-state index contributed by atoms with van der Waals surface area (Å²) < 4.78 is 17.5. The molecule has 0 saturated carbocycles. The quantitative estimate of drug-likeness (QED) is 0.790. The molecule has 88 valence electrons. The van der Waals surface area contributed by atoms with E-state index in [1.165, 1.54) is 24.3 Å². The number of amides is 1. The summed E-state index contributed by atoms with van der Waals surface area (Å²) in [6, 6.07) is 5.25. The number of hydroxylamine groups is 1. The molecule has 0 bridgehead atoms. The monoisotopic (exact) mass is 227 g/mol. The van der Waals surface area contributed by atoms with E-state index >= 15 is 0 Å². The summed E-state index contributed by atoms with van der Waals surface area (Å²) in [5.74, 6) is -0.0446. The first-order valence-corrected chi connectivity index (χ1v) is 4.78. The molecule has 16 heavy (non-hydrogen) atoms. The zero-order valence-corrected chi connectivity index (χ0v) is 9.41. The number of hydrogen-bond donors (Lipinski definition) is 1. The van der Waals surface area contributed by atoms with Crippen molar-refractivity contribution < 1.29 is 18.8 Å². The number of hydrogen-bond acceptors (Lipinski definition) is 3. The third-order valence-electron chi connectivity index (χ3n) is 1.46. The van der Waals surface area contributed by atoms with Crippen LogP contribution in [-0.2, 0) is 4.74 Å². The molecule has 4 nitrogen and oxygen atoms in total. The number of rotatable bonds is 2. The van der Waals surface area contributed by atoms with Crippen LogP contribution in [0.4, 0.5) is 9.18 Å². The van der Waals surface area contributed by atoms with Crippen molar-refractivity contribution in [1.29, 1.82) is 0 Å². The Hall–Kier alpha value is -1.78. The summed E-state index contributed by atoms with van der Waals surface area (Å²) in [6.45, 7) is 5.22. The van der Waals surface area contributed by atoms with Crippen LogP contribution < -0.4 is 10.3 Å². The fraction of sp³-hybridized carbons (Fsp3) is 0.364. The molecule has 0 radical (unpaired) electrons. The molecular weight excluding hydrogens is 213 g/mol. The lowest BCUT2D eigenvalue weighted by atomic mass is 10.2. The predicted molar refractivity (Wildman–Crippen MR) is 56.4 cm³/mol. The van der Waals surface area contributed by atoms with Gasteiger partial charge in [-0.3, -0.25) is 0 Å². The van der Waals surface area contributed by atoms with Crippen LogP contribution in [0.3, 0.4) is 0 Å². The normalized spacial score (nSPS) is 10.8. The van der Waals surface area contributed by atoms with Crippen LogP contribution in [0.25, 0.3) is 0 Å². The Balaban J connectivity index is 2.40. The van der Waals surface area contributed by atoms with E-state index in [0.717, 1.165) is 0 Å². The van der Waals surface area contributed by atoms with Crippen LogP contribution in [0.1, 0.15) is 20.8 Å². The van der Waals surface area contributed by atoms with Gasteiger partial charge in [0.25, 0.3) is 0 Å². The minimum atomic E-state index is -0.697. The van der Waals surface area contributed by atoms with E-state index in [0.29, 0.717) is 5.75 Å². The number of benzene rings is 1. The van der Waals surface area contributed by atoms with E-state index in [9.17, 15) is 9.18 Å².